The van der Waals surface area contributed by atoms with Gasteiger partial charge >= 0.3 is 0 Å². The van der Waals surface area contributed by atoms with Crippen molar-refractivity contribution in [3.05, 3.63) is 12.4 Å². The van der Waals surface area contributed by atoms with Crippen LogP contribution in [0.5, 0.6) is 0 Å². The number of piperidine rings is 1. The number of aromatic nitrogens is 2. The van der Waals surface area contributed by atoms with Crippen molar-refractivity contribution in [3.63, 3.8) is 0 Å². The molecule has 0 spiro atoms. The molecule has 0 bridgehead atoms. The molecule has 1 aromatic heterocycles. The molecular weight excluding hydrogens is 228 g/mol. The molecule has 98 valence electrons. The molecule has 0 amide bonds. The second-order valence-electron chi connectivity index (χ2n) is 5.29. The van der Waals surface area contributed by atoms with E-state index in [9.17, 15) is 0 Å². The molecule has 2 heterocycles. The van der Waals surface area contributed by atoms with Crippen molar-refractivity contribution >= 4 is 11.6 Å². The molecule has 5 nitrogen and oxygen atoms in total. The highest BCUT2D eigenvalue weighted by Gasteiger charge is 2.23. The van der Waals surface area contributed by atoms with Crippen molar-refractivity contribution in [3.8, 4) is 0 Å². The molecule has 2 fully saturated rings. The van der Waals surface area contributed by atoms with E-state index in [1.165, 1.54) is 12.8 Å². The highest BCUT2D eigenvalue weighted by molar-refractivity contribution is 5.49. The topological polar surface area (TPSA) is 61.3 Å². The molecule has 1 saturated carbocycles. The predicted octanol–water partition coefficient (Wildman–Crippen LogP) is 1.26. The SMILES string of the molecule is OCC1CCN(c2cc(NC3CC3)ncn2)CC1. The number of aliphatic hydroxyl groups excluding tert-OH is 1. The molecule has 18 heavy (non-hydrogen) atoms. The first-order valence-corrected chi connectivity index (χ1v) is 6.79. The van der Waals surface area contributed by atoms with Gasteiger partial charge in [0.25, 0.3) is 0 Å². The van der Waals surface area contributed by atoms with E-state index in [0.29, 0.717) is 18.6 Å². The third-order valence-corrected chi connectivity index (χ3v) is 3.78. The third kappa shape index (κ3) is 2.72. The molecule has 2 aliphatic rings. The van der Waals surface area contributed by atoms with Crippen LogP contribution in [-0.2, 0) is 0 Å². The van der Waals surface area contributed by atoms with Crippen molar-refractivity contribution in [2.45, 2.75) is 31.7 Å². The Morgan fingerprint density at radius 2 is 2.00 bits per heavy atom. The highest BCUT2D eigenvalue weighted by atomic mass is 16.3. The summed E-state index contributed by atoms with van der Waals surface area (Å²) in [7, 11) is 0. The van der Waals surface area contributed by atoms with Crippen LogP contribution in [0.1, 0.15) is 25.7 Å². The second-order valence-corrected chi connectivity index (χ2v) is 5.29. The molecule has 1 aliphatic carbocycles. The number of rotatable bonds is 4. The summed E-state index contributed by atoms with van der Waals surface area (Å²) in [6.07, 6.45) is 6.23. The Hall–Kier alpha value is -1.36. The van der Waals surface area contributed by atoms with Crippen molar-refractivity contribution in [1.29, 1.82) is 0 Å². The maximum atomic E-state index is 9.14. The van der Waals surface area contributed by atoms with Gasteiger partial charge in [-0.15, -0.1) is 0 Å². The Labute approximate surface area is 107 Å². The number of anilines is 2. The Bertz CT molecular complexity index is 400. The largest absolute Gasteiger partial charge is 0.396 e. The monoisotopic (exact) mass is 248 g/mol. The van der Waals surface area contributed by atoms with Crippen LogP contribution < -0.4 is 10.2 Å². The van der Waals surface area contributed by atoms with Gasteiger partial charge < -0.3 is 15.3 Å². The normalized spacial score (nSPS) is 21.1. The molecule has 1 saturated heterocycles. The maximum Gasteiger partial charge on any atom is 0.134 e. The number of hydrogen-bond donors (Lipinski definition) is 2. The Balaban J connectivity index is 1.64. The van der Waals surface area contributed by atoms with Gasteiger partial charge in [0.15, 0.2) is 0 Å². The maximum absolute atomic E-state index is 9.14. The van der Waals surface area contributed by atoms with Crippen LogP contribution in [-0.4, -0.2) is 40.8 Å². The lowest BCUT2D eigenvalue weighted by Gasteiger charge is -2.32. The van der Waals surface area contributed by atoms with E-state index < -0.39 is 0 Å². The molecule has 3 rings (SSSR count). The smallest absolute Gasteiger partial charge is 0.134 e. The summed E-state index contributed by atoms with van der Waals surface area (Å²) in [6.45, 7) is 2.27. The van der Waals surface area contributed by atoms with E-state index in [2.05, 4.69) is 20.2 Å². The molecule has 0 aromatic carbocycles. The summed E-state index contributed by atoms with van der Waals surface area (Å²) >= 11 is 0. The first kappa shape index (κ1) is 11.7. The fourth-order valence-corrected chi connectivity index (χ4v) is 2.38. The van der Waals surface area contributed by atoms with Crippen molar-refractivity contribution < 1.29 is 5.11 Å². The van der Waals surface area contributed by atoms with Gasteiger partial charge in [0.05, 0.1) is 0 Å². The van der Waals surface area contributed by atoms with E-state index in [1.54, 1.807) is 6.33 Å². The average Bonchev–Trinajstić information content (AvgIpc) is 3.23. The summed E-state index contributed by atoms with van der Waals surface area (Å²) in [5.74, 6) is 2.41. The van der Waals surface area contributed by atoms with Gasteiger partial charge in [-0.25, -0.2) is 9.97 Å². The molecule has 0 atom stereocenters. The van der Waals surface area contributed by atoms with Crippen LogP contribution in [0.4, 0.5) is 11.6 Å². The fourth-order valence-electron chi connectivity index (χ4n) is 2.38. The first-order valence-electron chi connectivity index (χ1n) is 6.79. The van der Waals surface area contributed by atoms with E-state index in [1.807, 2.05) is 6.07 Å². The molecular formula is C13H20N4O. The summed E-state index contributed by atoms with van der Waals surface area (Å²) in [5, 5.41) is 12.5. The third-order valence-electron chi connectivity index (χ3n) is 3.78. The van der Waals surface area contributed by atoms with E-state index in [0.717, 1.165) is 37.6 Å². The zero-order valence-electron chi connectivity index (χ0n) is 10.5. The fraction of sp³-hybridized carbons (Fsp3) is 0.692. The molecule has 0 radical (unpaired) electrons. The van der Waals surface area contributed by atoms with Crippen LogP contribution in [0.25, 0.3) is 0 Å². The van der Waals surface area contributed by atoms with Crippen LogP contribution in [0.15, 0.2) is 12.4 Å². The Kier molecular flexibility index (Phi) is 3.32. The van der Waals surface area contributed by atoms with Crippen LogP contribution in [0.2, 0.25) is 0 Å². The summed E-state index contributed by atoms with van der Waals surface area (Å²) in [5.41, 5.74) is 0. The lowest BCUT2D eigenvalue weighted by atomic mass is 9.98. The van der Waals surface area contributed by atoms with Gasteiger partial charge in [-0.1, -0.05) is 0 Å². The van der Waals surface area contributed by atoms with E-state index in [4.69, 9.17) is 5.11 Å². The lowest BCUT2D eigenvalue weighted by Crippen LogP contribution is -2.35. The lowest BCUT2D eigenvalue weighted by molar-refractivity contribution is 0.203. The molecule has 1 aromatic rings. The second kappa shape index (κ2) is 5.10. The highest BCUT2D eigenvalue weighted by Crippen LogP contribution is 2.26. The minimum atomic E-state index is 0.312. The van der Waals surface area contributed by atoms with Gasteiger partial charge in [-0.3, -0.25) is 0 Å². The van der Waals surface area contributed by atoms with Crippen molar-refractivity contribution in [1.82, 2.24) is 9.97 Å². The minimum Gasteiger partial charge on any atom is -0.396 e. The number of aliphatic hydroxyl groups is 1. The molecule has 1 aliphatic heterocycles. The number of hydrogen-bond acceptors (Lipinski definition) is 5. The molecule has 2 N–H and O–H groups in total. The minimum absolute atomic E-state index is 0.312. The van der Waals surface area contributed by atoms with Gasteiger partial charge in [-0.05, 0) is 31.6 Å². The van der Waals surface area contributed by atoms with Crippen LogP contribution in [0.3, 0.4) is 0 Å². The summed E-state index contributed by atoms with van der Waals surface area (Å²) in [6, 6.07) is 2.66. The molecule has 0 unspecified atom stereocenters. The zero-order valence-corrected chi connectivity index (χ0v) is 10.5. The van der Waals surface area contributed by atoms with Crippen molar-refractivity contribution in [2.24, 2.45) is 5.92 Å². The average molecular weight is 248 g/mol. The zero-order chi connectivity index (χ0) is 12.4. The summed E-state index contributed by atoms with van der Waals surface area (Å²) in [4.78, 5) is 10.9. The van der Waals surface area contributed by atoms with E-state index >= 15 is 0 Å². The first-order chi connectivity index (χ1) is 8.85. The van der Waals surface area contributed by atoms with Crippen LogP contribution in [0, 0.1) is 5.92 Å². The Morgan fingerprint density at radius 1 is 1.22 bits per heavy atom. The van der Waals surface area contributed by atoms with Gasteiger partial charge in [0.1, 0.15) is 18.0 Å². The van der Waals surface area contributed by atoms with Crippen molar-refractivity contribution in [2.75, 3.05) is 29.9 Å². The van der Waals surface area contributed by atoms with E-state index in [-0.39, 0.29) is 0 Å². The Morgan fingerprint density at radius 3 is 2.67 bits per heavy atom. The van der Waals surface area contributed by atoms with Gasteiger partial charge in [-0.2, -0.15) is 0 Å². The van der Waals surface area contributed by atoms with Gasteiger partial charge in [0, 0.05) is 31.8 Å². The van der Waals surface area contributed by atoms with Crippen LogP contribution >= 0.6 is 0 Å². The summed E-state index contributed by atoms with van der Waals surface area (Å²) < 4.78 is 0. The molecule has 5 heteroatoms. The number of nitrogens with zero attached hydrogens (tertiary/aromatic N) is 3. The van der Waals surface area contributed by atoms with Gasteiger partial charge in [0.2, 0.25) is 0 Å². The predicted molar refractivity (Wildman–Crippen MR) is 70.7 cm³/mol. The number of nitrogens with one attached hydrogen (secondary N) is 1. The quantitative estimate of drug-likeness (QED) is 0.840. The standard InChI is InChI=1S/C13H20N4O/c18-8-10-3-5-17(6-4-10)13-7-12(14-9-15-13)16-11-1-2-11/h7,9-11,18H,1-6,8H2,(H,14,15,16).